The second-order valence-corrected chi connectivity index (χ2v) is 4.43. The molecule has 0 N–H and O–H groups in total. The maximum absolute atomic E-state index is 4.53. The number of fused-ring (bicyclic) bond motifs is 1. The summed E-state index contributed by atoms with van der Waals surface area (Å²) in [6, 6.07) is 8.20. The lowest BCUT2D eigenvalue weighted by Gasteiger charge is -2.03. The Hall–Kier alpha value is -1.68. The van der Waals surface area contributed by atoms with Gasteiger partial charge in [0.15, 0.2) is 0 Å². The molecule has 0 unspecified atom stereocenters. The van der Waals surface area contributed by atoms with Gasteiger partial charge in [0.05, 0.1) is 28.8 Å². The van der Waals surface area contributed by atoms with Gasteiger partial charge in [-0.05, 0) is 19.1 Å². The molecule has 0 saturated carbocycles. The fraction of sp³-hybridized carbons (Fsp3) is 0.167. The zero-order valence-electron chi connectivity index (χ0n) is 8.92. The first-order valence-corrected chi connectivity index (χ1v) is 6.08. The minimum atomic E-state index is 0.801. The average Bonchev–Trinajstić information content (AvgIpc) is 2.89. The second-order valence-electron chi connectivity index (χ2n) is 3.71. The molecule has 0 atom stereocenters. The number of benzene rings is 1. The van der Waals surface area contributed by atoms with Crippen LogP contribution in [0.2, 0.25) is 0 Å². The van der Waals surface area contributed by atoms with E-state index in [0.717, 1.165) is 23.6 Å². The van der Waals surface area contributed by atoms with Crippen LogP contribution in [-0.2, 0) is 6.54 Å². The van der Waals surface area contributed by atoms with Crippen LogP contribution in [0.5, 0.6) is 0 Å². The molecule has 2 heterocycles. The van der Waals surface area contributed by atoms with Gasteiger partial charge in [-0.2, -0.15) is 0 Å². The van der Waals surface area contributed by atoms with E-state index in [-0.39, 0.29) is 0 Å². The largest absolute Gasteiger partial charge is 0.322 e. The number of aromatic nitrogens is 3. The fourth-order valence-electron chi connectivity index (χ4n) is 1.87. The lowest BCUT2D eigenvalue weighted by molar-refractivity contribution is 0.769. The summed E-state index contributed by atoms with van der Waals surface area (Å²) in [5, 5.41) is 2.08. The highest BCUT2D eigenvalue weighted by atomic mass is 32.1. The topological polar surface area (TPSA) is 30.7 Å². The molecule has 2 aromatic heterocycles. The number of thiazole rings is 1. The number of hydrogen-bond acceptors (Lipinski definition) is 3. The van der Waals surface area contributed by atoms with E-state index in [0.29, 0.717) is 0 Å². The molecule has 16 heavy (non-hydrogen) atoms. The van der Waals surface area contributed by atoms with Gasteiger partial charge in [0.25, 0.3) is 0 Å². The first-order valence-electron chi connectivity index (χ1n) is 5.13. The van der Waals surface area contributed by atoms with E-state index in [2.05, 4.69) is 26.0 Å². The van der Waals surface area contributed by atoms with Crippen LogP contribution in [0.4, 0.5) is 0 Å². The van der Waals surface area contributed by atoms with Crippen LogP contribution in [0.1, 0.15) is 11.5 Å². The molecule has 0 bridgehead atoms. The van der Waals surface area contributed by atoms with Gasteiger partial charge in [0.1, 0.15) is 5.82 Å². The Morgan fingerprint density at radius 1 is 1.31 bits per heavy atom. The molecule has 0 aliphatic carbocycles. The van der Waals surface area contributed by atoms with Crippen molar-refractivity contribution in [1.29, 1.82) is 0 Å². The molecule has 1 aromatic carbocycles. The summed E-state index contributed by atoms with van der Waals surface area (Å²) in [6.07, 6.45) is 0. The second kappa shape index (κ2) is 3.72. The Morgan fingerprint density at radius 2 is 2.19 bits per heavy atom. The summed E-state index contributed by atoms with van der Waals surface area (Å²) in [5.74, 6) is 1.04. The van der Waals surface area contributed by atoms with Crippen LogP contribution in [-0.4, -0.2) is 14.5 Å². The van der Waals surface area contributed by atoms with Crippen molar-refractivity contribution in [3.05, 3.63) is 46.7 Å². The summed E-state index contributed by atoms with van der Waals surface area (Å²) >= 11 is 1.63. The molecule has 3 rings (SSSR count). The fourth-order valence-corrected chi connectivity index (χ4v) is 2.42. The molecule has 0 radical (unpaired) electrons. The maximum atomic E-state index is 4.53. The standard InChI is InChI=1S/C12H11N3S/c1-9-14-11-4-2-3-5-12(11)15(9)6-10-7-16-8-13-10/h2-5,7-8H,6H2,1H3. The number of rotatable bonds is 2. The molecule has 0 fully saturated rings. The first-order chi connectivity index (χ1) is 7.84. The highest BCUT2D eigenvalue weighted by Gasteiger charge is 2.07. The van der Waals surface area contributed by atoms with E-state index < -0.39 is 0 Å². The van der Waals surface area contributed by atoms with Crippen molar-refractivity contribution >= 4 is 22.4 Å². The highest BCUT2D eigenvalue weighted by Crippen LogP contribution is 2.17. The van der Waals surface area contributed by atoms with Gasteiger partial charge in [0.2, 0.25) is 0 Å². The monoisotopic (exact) mass is 229 g/mol. The van der Waals surface area contributed by atoms with Gasteiger partial charge in [-0.1, -0.05) is 12.1 Å². The Morgan fingerprint density at radius 3 is 3.00 bits per heavy atom. The van der Waals surface area contributed by atoms with E-state index in [1.54, 1.807) is 11.3 Å². The van der Waals surface area contributed by atoms with Crippen LogP contribution in [0.3, 0.4) is 0 Å². The molecule has 3 aromatic rings. The molecule has 3 nitrogen and oxygen atoms in total. The summed E-state index contributed by atoms with van der Waals surface area (Å²) < 4.78 is 2.20. The minimum Gasteiger partial charge on any atom is -0.322 e. The molecule has 0 aliphatic rings. The number of aryl methyl sites for hydroxylation is 1. The normalized spacial score (nSPS) is 11.1. The van der Waals surface area contributed by atoms with Gasteiger partial charge >= 0.3 is 0 Å². The number of hydrogen-bond donors (Lipinski definition) is 0. The summed E-state index contributed by atoms with van der Waals surface area (Å²) in [4.78, 5) is 8.84. The van der Waals surface area contributed by atoms with E-state index in [9.17, 15) is 0 Å². The predicted molar refractivity (Wildman–Crippen MR) is 65.7 cm³/mol. The maximum Gasteiger partial charge on any atom is 0.107 e. The number of nitrogens with zero attached hydrogens (tertiary/aromatic N) is 3. The molecule has 80 valence electrons. The van der Waals surface area contributed by atoms with E-state index in [4.69, 9.17) is 0 Å². The SMILES string of the molecule is Cc1nc2ccccc2n1Cc1cscn1. The third-order valence-corrected chi connectivity index (χ3v) is 3.28. The van der Waals surface area contributed by atoms with Gasteiger partial charge in [-0.25, -0.2) is 9.97 Å². The van der Waals surface area contributed by atoms with Crippen LogP contribution in [0, 0.1) is 6.92 Å². The summed E-state index contributed by atoms with van der Waals surface area (Å²) in [5.41, 5.74) is 5.18. The quantitative estimate of drug-likeness (QED) is 0.676. The lowest BCUT2D eigenvalue weighted by Crippen LogP contribution is -2.01. The Balaban J connectivity index is 2.12. The number of para-hydroxylation sites is 2. The summed E-state index contributed by atoms with van der Waals surface area (Å²) in [7, 11) is 0. The van der Waals surface area contributed by atoms with Crippen molar-refractivity contribution in [2.24, 2.45) is 0 Å². The molecule has 0 amide bonds. The van der Waals surface area contributed by atoms with Crippen molar-refractivity contribution in [1.82, 2.24) is 14.5 Å². The third kappa shape index (κ3) is 1.51. The average molecular weight is 229 g/mol. The van der Waals surface area contributed by atoms with Crippen molar-refractivity contribution in [2.75, 3.05) is 0 Å². The van der Waals surface area contributed by atoms with Gasteiger partial charge < -0.3 is 4.57 Å². The molecule has 0 spiro atoms. The van der Waals surface area contributed by atoms with Gasteiger partial charge in [-0.15, -0.1) is 11.3 Å². The molecule has 0 aliphatic heterocycles. The van der Waals surface area contributed by atoms with Crippen LogP contribution >= 0.6 is 11.3 Å². The Bertz CT molecular complexity index is 610. The minimum absolute atomic E-state index is 0.801. The van der Waals surface area contributed by atoms with Crippen LogP contribution in [0.25, 0.3) is 11.0 Å². The number of imidazole rings is 1. The predicted octanol–water partition coefficient (Wildman–Crippen LogP) is 2.85. The molecular formula is C12H11N3S. The van der Waals surface area contributed by atoms with Crippen molar-refractivity contribution in [3.63, 3.8) is 0 Å². The van der Waals surface area contributed by atoms with Gasteiger partial charge in [0, 0.05) is 5.38 Å². The van der Waals surface area contributed by atoms with Gasteiger partial charge in [-0.3, -0.25) is 0 Å². The van der Waals surface area contributed by atoms with E-state index in [1.165, 1.54) is 5.52 Å². The highest BCUT2D eigenvalue weighted by molar-refractivity contribution is 7.07. The van der Waals surface area contributed by atoms with Crippen LogP contribution < -0.4 is 0 Å². The van der Waals surface area contributed by atoms with Crippen molar-refractivity contribution in [3.8, 4) is 0 Å². The first kappa shape index (κ1) is 9.54. The molecule has 0 saturated heterocycles. The lowest BCUT2D eigenvalue weighted by atomic mass is 10.3. The summed E-state index contributed by atoms with van der Waals surface area (Å²) in [6.45, 7) is 2.84. The molecular weight excluding hydrogens is 218 g/mol. The van der Waals surface area contributed by atoms with E-state index >= 15 is 0 Å². The Labute approximate surface area is 97.4 Å². The Kier molecular flexibility index (Phi) is 2.22. The third-order valence-electron chi connectivity index (χ3n) is 2.65. The smallest absolute Gasteiger partial charge is 0.107 e. The molecule has 4 heteroatoms. The van der Waals surface area contributed by atoms with Crippen molar-refractivity contribution in [2.45, 2.75) is 13.5 Å². The van der Waals surface area contributed by atoms with E-state index in [1.807, 2.05) is 30.6 Å². The zero-order valence-corrected chi connectivity index (χ0v) is 9.74. The van der Waals surface area contributed by atoms with Crippen molar-refractivity contribution < 1.29 is 0 Å². The zero-order chi connectivity index (χ0) is 11.0. The van der Waals surface area contributed by atoms with Crippen LogP contribution in [0.15, 0.2) is 35.2 Å².